The second-order valence-electron chi connectivity index (χ2n) is 6.41. The van der Waals surface area contributed by atoms with E-state index < -0.39 is 17.5 Å². The predicted molar refractivity (Wildman–Crippen MR) is 94.0 cm³/mol. The van der Waals surface area contributed by atoms with Crippen molar-refractivity contribution in [2.24, 2.45) is 12.0 Å². The molecular weight excluding hydrogens is 363 g/mol. The third-order valence-electron chi connectivity index (χ3n) is 3.80. The molecule has 2 heterocycles. The molecule has 0 amide bonds. The first-order valence-electron chi connectivity index (χ1n) is 8.44. The SMILES string of the molecule is CCNC(=NCc1cn(C)nc1C(F)(F)F)NCC(C)(O)c1ccc(C)o1. The molecule has 2 aromatic heterocycles. The van der Waals surface area contributed by atoms with E-state index in [2.05, 4.69) is 20.7 Å². The summed E-state index contributed by atoms with van der Waals surface area (Å²) in [5.74, 6) is 1.33. The van der Waals surface area contributed by atoms with Gasteiger partial charge in [0.15, 0.2) is 11.7 Å². The monoisotopic (exact) mass is 387 g/mol. The highest BCUT2D eigenvalue weighted by atomic mass is 19.4. The van der Waals surface area contributed by atoms with Crippen LogP contribution in [0.25, 0.3) is 0 Å². The van der Waals surface area contributed by atoms with Crippen molar-refractivity contribution in [1.82, 2.24) is 20.4 Å². The first-order valence-corrected chi connectivity index (χ1v) is 8.44. The molecule has 0 aliphatic rings. The molecule has 3 N–H and O–H groups in total. The molecule has 0 radical (unpaired) electrons. The average Bonchev–Trinajstić information content (AvgIpc) is 3.16. The highest BCUT2D eigenvalue weighted by Crippen LogP contribution is 2.30. The van der Waals surface area contributed by atoms with Crippen LogP contribution in [0.15, 0.2) is 27.7 Å². The van der Waals surface area contributed by atoms with Crippen LogP contribution in [0.3, 0.4) is 0 Å². The van der Waals surface area contributed by atoms with E-state index in [0.29, 0.717) is 18.1 Å². The van der Waals surface area contributed by atoms with Crippen LogP contribution in [-0.2, 0) is 25.4 Å². The third kappa shape index (κ3) is 5.49. The number of guanidine groups is 1. The largest absolute Gasteiger partial charge is 0.463 e. The zero-order chi connectivity index (χ0) is 20.2. The number of hydrogen-bond acceptors (Lipinski definition) is 4. The van der Waals surface area contributed by atoms with E-state index in [1.165, 1.54) is 13.2 Å². The van der Waals surface area contributed by atoms with Crippen LogP contribution in [0.4, 0.5) is 13.2 Å². The van der Waals surface area contributed by atoms with Crippen molar-refractivity contribution in [3.63, 3.8) is 0 Å². The number of rotatable bonds is 6. The summed E-state index contributed by atoms with van der Waals surface area (Å²) in [6.45, 7) is 5.53. The first-order chi connectivity index (χ1) is 12.5. The fourth-order valence-electron chi connectivity index (χ4n) is 2.46. The molecule has 150 valence electrons. The number of hydrogen-bond donors (Lipinski definition) is 3. The van der Waals surface area contributed by atoms with Gasteiger partial charge in [-0.3, -0.25) is 4.68 Å². The molecule has 0 fully saturated rings. The number of aromatic nitrogens is 2. The fourth-order valence-corrected chi connectivity index (χ4v) is 2.46. The van der Waals surface area contributed by atoms with E-state index in [4.69, 9.17) is 4.42 Å². The van der Waals surface area contributed by atoms with Crippen LogP contribution in [0.5, 0.6) is 0 Å². The molecule has 2 rings (SSSR count). The molecule has 1 atom stereocenters. The second-order valence-corrected chi connectivity index (χ2v) is 6.41. The van der Waals surface area contributed by atoms with Gasteiger partial charge in [0.2, 0.25) is 0 Å². The Kier molecular flexibility index (Phi) is 6.19. The normalized spacial score (nSPS) is 14.9. The molecule has 0 aliphatic carbocycles. The molecule has 7 nitrogen and oxygen atoms in total. The average molecular weight is 387 g/mol. The molecule has 0 saturated carbocycles. The van der Waals surface area contributed by atoms with E-state index in [1.807, 2.05) is 6.92 Å². The maximum absolute atomic E-state index is 13.0. The Morgan fingerprint density at radius 2 is 2.04 bits per heavy atom. The highest BCUT2D eigenvalue weighted by Gasteiger charge is 2.36. The van der Waals surface area contributed by atoms with Crippen molar-refractivity contribution >= 4 is 5.96 Å². The standard InChI is InChI=1S/C17H24F3N5O2/c1-5-21-15(23-10-16(3,26)13-7-6-11(2)27-13)22-8-12-9-25(4)24-14(12)17(18,19)20/h6-7,9,26H,5,8,10H2,1-4H3,(H2,21,22,23). The lowest BCUT2D eigenvalue weighted by atomic mass is 10.0. The van der Waals surface area contributed by atoms with Gasteiger partial charge in [-0.15, -0.1) is 0 Å². The molecule has 10 heteroatoms. The van der Waals surface area contributed by atoms with E-state index >= 15 is 0 Å². The van der Waals surface area contributed by atoms with Gasteiger partial charge in [0.05, 0.1) is 13.1 Å². The highest BCUT2D eigenvalue weighted by molar-refractivity contribution is 5.79. The van der Waals surface area contributed by atoms with Crippen molar-refractivity contribution < 1.29 is 22.7 Å². The number of furan rings is 1. The van der Waals surface area contributed by atoms with Gasteiger partial charge in [-0.05, 0) is 32.9 Å². The van der Waals surface area contributed by atoms with Crippen molar-refractivity contribution in [3.05, 3.63) is 41.1 Å². The van der Waals surface area contributed by atoms with Crippen LogP contribution in [-0.4, -0.2) is 33.9 Å². The van der Waals surface area contributed by atoms with Crippen LogP contribution in [0, 0.1) is 6.92 Å². The van der Waals surface area contributed by atoms with Gasteiger partial charge < -0.3 is 20.2 Å². The second kappa shape index (κ2) is 8.03. The molecule has 27 heavy (non-hydrogen) atoms. The summed E-state index contributed by atoms with van der Waals surface area (Å²) in [4.78, 5) is 4.17. The van der Waals surface area contributed by atoms with Gasteiger partial charge in [0, 0.05) is 25.4 Å². The lowest BCUT2D eigenvalue weighted by Crippen LogP contribution is -2.44. The number of nitrogens with zero attached hydrogens (tertiary/aromatic N) is 3. The van der Waals surface area contributed by atoms with Gasteiger partial charge in [-0.1, -0.05) is 0 Å². The molecule has 1 unspecified atom stereocenters. The van der Waals surface area contributed by atoms with Gasteiger partial charge in [-0.25, -0.2) is 4.99 Å². The lowest BCUT2D eigenvalue weighted by Gasteiger charge is -2.22. The van der Waals surface area contributed by atoms with E-state index in [0.717, 1.165) is 4.68 Å². The molecule has 0 spiro atoms. The summed E-state index contributed by atoms with van der Waals surface area (Å²) >= 11 is 0. The zero-order valence-corrected chi connectivity index (χ0v) is 15.7. The topological polar surface area (TPSA) is 87.6 Å². The maximum Gasteiger partial charge on any atom is 0.435 e. The van der Waals surface area contributed by atoms with Crippen molar-refractivity contribution in [2.75, 3.05) is 13.1 Å². The van der Waals surface area contributed by atoms with E-state index in [-0.39, 0.29) is 24.6 Å². The van der Waals surface area contributed by atoms with Crippen molar-refractivity contribution in [2.45, 2.75) is 39.1 Å². The summed E-state index contributed by atoms with van der Waals surface area (Å²) < 4.78 is 45.6. The minimum absolute atomic E-state index is 0.0318. The van der Waals surface area contributed by atoms with E-state index in [9.17, 15) is 18.3 Å². The van der Waals surface area contributed by atoms with Crippen molar-refractivity contribution in [3.8, 4) is 0 Å². The summed E-state index contributed by atoms with van der Waals surface area (Å²) in [6.07, 6.45) is -3.25. The Morgan fingerprint density at radius 3 is 2.59 bits per heavy atom. The predicted octanol–water partition coefficient (Wildman–Crippen LogP) is 2.30. The van der Waals surface area contributed by atoms with Crippen LogP contribution >= 0.6 is 0 Å². The Hall–Kier alpha value is -2.49. The number of halogens is 3. The van der Waals surface area contributed by atoms with Crippen molar-refractivity contribution in [1.29, 1.82) is 0 Å². The van der Waals surface area contributed by atoms with Crippen LogP contribution in [0.1, 0.15) is 36.6 Å². The number of alkyl halides is 3. The lowest BCUT2D eigenvalue weighted by molar-refractivity contribution is -0.142. The summed E-state index contributed by atoms with van der Waals surface area (Å²) in [5.41, 5.74) is -2.30. The van der Waals surface area contributed by atoms with Gasteiger partial charge in [0.1, 0.15) is 17.1 Å². The molecule has 0 bridgehead atoms. The molecule has 0 saturated heterocycles. The first kappa shape index (κ1) is 20.8. The van der Waals surface area contributed by atoms with Gasteiger partial charge in [-0.2, -0.15) is 18.3 Å². The maximum atomic E-state index is 13.0. The zero-order valence-electron chi connectivity index (χ0n) is 15.7. The summed E-state index contributed by atoms with van der Waals surface area (Å²) in [5, 5.41) is 19.9. The van der Waals surface area contributed by atoms with Crippen LogP contribution in [0.2, 0.25) is 0 Å². The number of nitrogens with one attached hydrogen (secondary N) is 2. The van der Waals surface area contributed by atoms with E-state index in [1.54, 1.807) is 26.0 Å². The number of aryl methyl sites for hydroxylation is 2. The Morgan fingerprint density at radius 1 is 1.33 bits per heavy atom. The minimum atomic E-state index is -4.54. The van der Waals surface area contributed by atoms with Gasteiger partial charge in [0.25, 0.3) is 0 Å². The molecule has 0 aromatic carbocycles. The summed E-state index contributed by atoms with van der Waals surface area (Å²) in [7, 11) is 1.43. The number of aliphatic hydroxyl groups is 1. The minimum Gasteiger partial charge on any atom is -0.463 e. The van der Waals surface area contributed by atoms with Gasteiger partial charge >= 0.3 is 6.18 Å². The third-order valence-corrected chi connectivity index (χ3v) is 3.80. The fraction of sp³-hybridized carbons (Fsp3) is 0.529. The Balaban J connectivity index is 2.11. The summed E-state index contributed by atoms with van der Waals surface area (Å²) in [6, 6.07) is 3.41. The van der Waals surface area contributed by atoms with Crippen LogP contribution < -0.4 is 10.6 Å². The quantitative estimate of drug-likeness (QED) is 0.523. The molecule has 2 aromatic rings. The molecular formula is C17H24F3N5O2. The number of aliphatic imine (C=N–C) groups is 1. The smallest absolute Gasteiger partial charge is 0.435 e. The Bertz CT molecular complexity index is 793. The molecule has 0 aliphatic heterocycles. The Labute approximate surface area is 155 Å².